The minimum absolute atomic E-state index is 0.0261. The average Bonchev–Trinajstić information content (AvgIpc) is 3.34. The number of likely N-dealkylation sites (tertiary alicyclic amines) is 1. The lowest BCUT2D eigenvalue weighted by atomic mass is 10.0. The Morgan fingerprint density at radius 1 is 1.33 bits per heavy atom. The molecule has 1 unspecified atom stereocenters. The molecule has 3 rings (SSSR count). The normalized spacial score (nSPS) is 20.1. The van der Waals surface area contributed by atoms with Gasteiger partial charge in [0, 0.05) is 17.0 Å². The summed E-state index contributed by atoms with van der Waals surface area (Å²) in [6, 6.07) is 3.75. The van der Waals surface area contributed by atoms with Gasteiger partial charge in [-0.2, -0.15) is 0 Å². The fourth-order valence-electron chi connectivity index (χ4n) is 3.30. The summed E-state index contributed by atoms with van der Waals surface area (Å²) in [5.41, 5.74) is -0.249. The maximum absolute atomic E-state index is 12.7. The van der Waals surface area contributed by atoms with Crippen LogP contribution >= 0.6 is 11.3 Å². The highest BCUT2D eigenvalue weighted by atomic mass is 32.1. The molecule has 27 heavy (non-hydrogen) atoms. The van der Waals surface area contributed by atoms with Crippen LogP contribution < -0.4 is 5.32 Å². The molecule has 0 spiro atoms. The third-order valence-corrected chi connectivity index (χ3v) is 6.44. The highest BCUT2D eigenvalue weighted by Crippen LogP contribution is 2.36. The Hall–Kier alpha value is -2.09. The van der Waals surface area contributed by atoms with E-state index < -0.39 is 6.09 Å². The first-order valence-electron chi connectivity index (χ1n) is 9.44. The van der Waals surface area contributed by atoms with Crippen LogP contribution in [0.2, 0.25) is 0 Å². The quantitative estimate of drug-likeness (QED) is 0.806. The first kappa shape index (κ1) is 19.7. The predicted octanol–water partition coefficient (Wildman–Crippen LogP) is 2.78. The molecule has 3 amide bonds. The molecule has 1 N–H and O–H groups in total. The Morgan fingerprint density at radius 3 is 2.78 bits per heavy atom. The van der Waals surface area contributed by atoms with E-state index in [-0.39, 0.29) is 29.9 Å². The van der Waals surface area contributed by atoms with Crippen LogP contribution in [0.15, 0.2) is 12.1 Å². The standard InChI is InChI=1S/C19H27N3O4S/c1-4-19(2,3)20-17(24)15-8-7-14(27-15)13-6-5-9-22(13)16(23)12-21-10-11-26-18(21)25/h7-8,13H,4-6,9-12H2,1-3H3,(H,20,24). The van der Waals surface area contributed by atoms with Crippen molar-refractivity contribution >= 4 is 29.2 Å². The lowest BCUT2D eigenvalue weighted by molar-refractivity contribution is -0.132. The molecular formula is C19H27N3O4S. The molecule has 3 heterocycles. The molecule has 1 aromatic heterocycles. The van der Waals surface area contributed by atoms with E-state index in [9.17, 15) is 14.4 Å². The molecule has 2 aliphatic rings. The van der Waals surface area contributed by atoms with Gasteiger partial charge in [-0.15, -0.1) is 11.3 Å². The summed E-state index contributed by atoms with van der Waals surface area (Å²) >= 11 is 1.44. The van der Waals surface area contributed by atoms with Crippen molar-refractivity contribution in [3.05, 3.63) is 21.9 Å². The fraction of sp³-hybridized carbons (Fsp3) is 0.632. The number of nitrogens with one attached hydrogen (secondary N) is 1. The molecular weight excluding hydrogens is 366 g/mol. The first-order valence-corrected chi connectivity index (χ1v) is 10.3. The van der Waals surface area contributed by atoms with E-state index in [4.69, 9.17) is 4.74 Å². The molecule has 148 valence electrons. The zero-order valence-corrected chi connectivity index (χ0v) is 16.9. The summed E-state index contributed by atoms with van der Waals surface area (Å²) in [6.07, 6.45) is 2.22. The van der Waals surface area contributed by atoms with Crippen molar-refractivity contribution in [3.8, 4) is 0 Å². The van der Waals surface area contributed by atoms with Gasteiger partial charge in [-0.25, -0.2) is 4.79 Å². The van der Waals surface area contributed by atoms with Gasteiger partial charge in [0.25, 0.3) is 5.91 Å². The second-order valence-electron chi connectivity index (χ2n) is 7.67. The van der Waals surface area contributed by atoms with Crippen molar-refractivity contribution in [1.82, 2.24) is 15.1 Å². The number of hydrogen-bond donors (Lipinski definition) is 1. The van der Waals surface area contributed by atoms with E-state index in [0.29, 0.717) is 24.6 Å². The van der Waals surface area contributed by atoms with Crippen molar-refractivity contribution in [1.29, 1.82) is 0 Å². The number of rotatable bonds is 6. The molecule has 2 aliphatic heterocycles. The van der Waals surface area contributed by atoms with Crippen molar-refractivity contribution in [2.24, 2.45) is 0 Å². The summed E-state index contributed by atoms with van der Waals surface area (Å²) in [5.74, 6) is -0.142. The van der Waals surface area contributed by atoms with Gasteiger partial charge in [0.2, 0.25) is 5.91 Å². The lowest BCUT2D eigenvalue weighted by Crippen LogP contribution is -2.42. The monoisotopic (exact) mass is 393 g/mol. The third-order valence-electron chi connectivity index (χ3n) is 5.26. The molecule has 7 nitrogen and oxygen atoms in total. The van der Waals surface area contributed by atoms with Gasteiger partial charge in [-0.05, 0) is 45.2 Å². The highest BCUT2D eigenvalue weighted by molar-refractivity contribution is 7.14. The second-order valence-corrected chi connectivity index (χ2v) is 8.79. The SMILES string of the molecule is CCC(C)(C)NC(=O)c1ccc(C2CCCN2C(=O)CN2CCOC2=O)s1. The van der Waals surface area contributed by atoms with Crippen LogP contribution in [0.5, 0.6) is 0 Å². The van der Waals surface area contributed by atoms with Crippen molar-refractivity contribution in [2.45, 2.75) is 51.6 Å². The van der Waals surface area contributed by atoms with Crippen molar-refractivity contribution in [2.75, 3.05) is 26.2 Å². The molecule has 0 aromatic carbocycles. The fourth-order valence-corrected chi connectivity index (χ4v) is 4.35. The van der Waals surface area contributed by atoms with Gasteiger partial charge < -0.3 is 15.0 Å². The number of amides is 3. The number of hydrogen-bond acceptors (Lipinski definition) is 5. The maximum atomic E-state index is 12.7. The Morgan fingerprint density at radius 2 is 2.11 bits per heavy atom. The van der Waals surface area contributed by atoms with Gasteiger partial charge in [0.15, 0.2) is 0 Å². The predicted molar refractivity (Wildman–Crippen MR) is 103 cm³/mol. The van der Waals surface area contributed by atoms with E-state index in [1.165, 1.54) is 16.2 Å². The van der Waals surface area contributed by atoms with E-state index >= 15 is 0 Å². The number of thiophene rings is 1. The smallest absolute Gasteiger partial charge is 0.410 e. The van der Waals surface area contributed by atoms with Gasteiger partial charge in [0.1, 0.15) is 13.2 Å². The van der Waals surface area contributed by atoms with Gasteiger partial charge in [-0.1, -0.05) is 6.92 Å². The number of carbonyl (C=O) groups is 3. The second kappa shape index (κ2) is 7.88. The molecule has 0 bridgehead atoms. The Labute approximate surface area is 163 Å². The van der Waals surface area contributed by atoms with Crippen LogP contribution in [0.1, 0.15) is 60.6 Å². The summed E-state index contributed by atoms with van der Waals surface area (Å²) in [4.78, 5) is 41.7. The van der Waals surface area contributed by atoms with E-state index in [0.717, 1.165) is 24.1 Å². The summed E-state index contributed by atoms with van der Waals surface area (Å²) < 4.78 is 4.89. The van der Waals surface area contributed by atoms with Crippen molar-refractivity contribution < 1.29 is 19.1 Å². The molecule has 1 aromatic rings. The largest absolute Gasteiger partial charge is 0.448 e. The summed E-state index contributed by atoms with van der Waals surface area (Å²) in [7, 11) is 0. The van der Waals surface area contributed by atoms with Gasteiger partial charge in [-0.3, -0.25) is 14.5 Å². The highest BCUT2D eigenvalue weighted by Gasteiger charge is 2.34. The van der Waals surface area contributed by atoms with E-state index in [2.05, 4.69) is 5.32 Å². The molecule has 2 saturated heterocycles. The maximum Gasteiger partial charge on any atom is 0.410 e. The van der Waals surface area contributed by atoms with Crippen molar-refractivity contribution in [3.63, 3.8) is 0 Å². The first-order chi connectivity index (χ1) is 12.8. The molecule has 0 aliphatic carbocycles. The van der Waals surface area contributed by atoms with Crippen LogP contribution in [-0.4, -0.2) is 59.5 Å². The Kier molecular flexibility index (Phi) is 5.74. The zero-order valence-electron chi connectivity index (χ0n) is 16.1. The van der Waals surface area contributed by atoms with E-state index in [1.54, 1.807) is 0 Å². The number of cyclic esters (lactones) is 1. The number of nitrogens with zero attached hydrogens (tertiary/aromatic N) is 2. The summed E-state index contributed by atoms with van der Waals surface area (Å²) in [5, 5.41) is 3.05. The van der Waals surface area contributed by atoms with Gasteiger partial charge in [0.05, 0.1) is 17.5 Å². The topological polar surface area (TPSA) is 79.0 Å². The number of ether oxygens (including phenoxy) is 1. The van der Waals surface area contributed by atoms with Crippen LogP contribution in [0.4, 0.5) is 4.79 Å². The molecule has 0 saturated carbocycles. The number of carbonyl (C=O) groups excluding carboxylic acids is 3. The molecule has 0 radical (unpaired) electrons. The summed E-state index contributed by atoms with van der Waals surface area (Å²) in [6.45, 7) is 7.57. The third kappa shape index (κ3) is 4.43. The minimum atomic E-state index is -0.423. The van der Waals surface area contributed by atoms with Gasteiger partial charge >= 0.3 is 6.09 Å². The van der Waals surface area contributed by atoms with Crippen LogP contribution in [0.3, 0.4) is 0 Å². The van der Waals surface area contributed by atoms with Crippen LogP contribution in [0.25, 0.3) is 0 Å². The average molecular weight is 394 g/mol. The van der Waals surface area contributed by atoms with Crippen LogP contribution in [0, 0.1) is 0 Å². The lowest BCUT2D eigenvalue weighted by Gasteiger charge is -2.26. The molecule has 2 fully saturated rings. The van der Waals surface area contributed by atoms with E-state index in [1.807, 2.05) is 37.8 Å². The zero-order chi connectivity index (χ0) is 19.6. The van der Waals surface area contributed by atoms with Crippen LogP contribution in [-0.2, 0) is 9.53 Å². The minimum Gasteiger partial charge on any atom is -0.448 e. The molecule has 8 heteroatoms. The Bertz CT molecular complexity index is 730. The molecule has 1 atom stereocenters. The Balaban J connectivity index is 1.66.